The normalized spacial score (nSPS) is 17.6. The summed E-state index contributed by atoms with van der Waals surface area (Å²) in [6.07, 6.45) is 2.70. The van der Waals surface area contributed by atoms with E-state index in [9.17, 15) is 14.4 Å². The van der Waals surface area contributed by atoms with Crippen molar-refractivity contribution in [3.63, 3.8) is 0 Å². The number of amides is 3. The predicted molar refractivity (Wildman–Crippen MR) is 92.8 cm³/mol. The maximum atomic E-state index is 12.4. The van der Waals surface area contributed by atoms with Gasteiger partial charge in [0.1, 0.15) is 6.04 Å². The molecular formula is C18H25N3O4. The highest BCUT2D eigenvalue weighted by Gasteiger charge is 2.30. The lowest BCUT2D eigenvalue weighted by Crippen LogP contribution is -2.46. The molecule has 0 unspecified atom stereocenters. The van der Waals surface area contributed by atoms with Crippen LogP contribution in [0.15, 0.2) is 24.3 Å². The monoisotopic (exact) mass is 347 g/mol. The largest absolute Gasteiger partial charge is 0.454 e. The number of piperidine rings is 1. The third kappa shape index (κ3) is 5.86. The van der Waals surface area contributed by atoms with Gasteiger partial charge in [-0.1, -0.05) is 36.2 Å². The molecule has 1 aliphatic heterocycles. The molecule has 0 aromatic heterocycles. The lowest BCUT2D eigenvalue weighted by molar-refractivity contribution is -0.155. The molecule has 0 saturated carbocycles. The van der Waals surface area contributed by atoms with Crippen molar-refractivity contribution in [3.8, 4) is 0 Å². The zero-order chi connectivity index (χ0) is 18.2. The van der Waals surface area contributed by atoms with E-state index < -0.39 is 24.5 Å². The van der Waals surface area contributed by atoms with Gasteiger partial charge < -0.3 is 10.1 Å². The summed E-state index contributed by atoms with van der Waals surface area (Å²) < 4.78 is 5.11. The van der Waals surface area contributed by atoms with Crippen molar-refractivity contribution in [1.82, 2.24) is 15.5 Å². The topological polar surface area (TPSA) is 87.7 Å². The number of imide groups is 1. The maximum absolute atomic E-state index is 12.4. The number of carbonyl (C=O) groups excluding carboxylic acids is 3. The molecule has 0 spiro atoms. The van der Waals surface area contributed by atoms with Gasteiger partial charge in [0.25, 0.3) is 5.91 Å². The van der Waals surface area contributed by atoms with Gasteiger partial charge in [-0.05, 0) is 31.9 Å². The van der Waals surface area contributed by atoms with Crippen molar-refractivity contribution in [2.24, 2.45) is 0 Å². The number of esters is 1. The first-order valence-electron chi connectivity index (χ1n) is 8.47. The van der Waals surface area contributed by atoms with Crippen LogP contribution < -0.4 is 10.6 Å². The van der Waals surface area contributed by atoms with Crippen LogP contribution in [0.2, 0.25) is 0 Å². The molecule has 2 N–H and O–H groups in total. The standard InChI is InChI=1S/C18H25N3O4/c1-13-6-5-7-14(10-13)11-21-9-4-3-8-15(21)17(23)25-12-16(22)20-18(24)19-2/h5-7,10,15H,3-4,8-9,11-12H2,1-2H3,(H2,19,20,22,24)/t15-/m1/s1. The summed E-state index contributed by atoms with van der Waals surface area (Å²) in [5.41, 5.74) is 2.33. The van der Waals surface area contributed by atoms with Crippen LogP contribution in [0.4, 0.5) is 4.79 Å². The number of nitrogens with zero attached hydrogens (tertiary/aromatic N) is 1. The molecule has 1 heterocycles. The molecular weight excluding hydrogens is 322 g/mol. The highest BCUT2D eigenvalue weighted by molar-refractivity contribution is 5.95. The van der Waals surface area contributed by atoms with Gasteiger partial charge in [-0.3, -0.25) is 19.8 Å². The number of rotatable bonds is 5. The van der Waals surface area contributed by atoms with Crippen LogP contribution in [0.3, 0.4) is 0 Å². The summed E-state index contributed by atoms with van der Waals surface area (Å²) in [6, 6.07) is 7.21. The number of benzene rings is 1. The number of carbonyl (C=O) groups is 3. The molecule has 1 fully saturated rings. The Balaban J connectivity index is 1.91. The van der Waals surface area contributed by atoms with Crippen LogP contribution in [-0.2, 0) is 20.9 Å². The van der Waals surface area contributed by atoms with Crippen LogP contribution in [0.25, 0.3) is 0 Å². The Hall–Kier alpha value is -2.41. The maximum Gasteiger partial charge on any atom is 0.323 e. The zero-order valence-corrected chi connectivity index (χ0v) is 14.7. The molecule has 136 valence electrons. The van der Waals surface area contributed by atoms with Crippen LogP contribution in [0.1, 0.15) is 30.4 Å². The van der Waals surface area contributed by atoms with E-state index in [4.69, 9.17) is 4.74 Å². The van der Waals surface area contributed by atoms with E-state index >= 15 is 0 Å². The molecule has 3 amide bonds. The lowest BCUT2D eigenvalue weighted by Gasteiger charge is -2.34. The number of hydrogen-bond donors (Lipinski definition) is 2. The van der Waals surface area contributed by atoms with Gasteiger partial charge in [-0.25, -0.2) is 4.79 Å². The van der Waals surface area contributed by atoms with Gasteiger partial charge in [0, 0.05) is 13.6 Å². The van der Waals surface area contributed by atoms with Crippen LogP contribution in [0, 0.1) is 6.92 Å². The number of hydrogen-bond acceptors (Lipinski definition) is 5. The molecule has 7 heteroatoms. The molecule has 1 atom stereocenters. The fourth-order valence-electron chi connectivity index (χ4n) is 2.95. The van der Waals surface area contributed by atoms with E-state index in [-0.39, 0.29) is 6.04 Å². The molecule has 1 aromatic rings. The summed E-state index contributed by atoms with van der Waals surface area (Å²) in [6.45, 7) is 3.07. The third-order valence-corrected chi connectivity index (χ3v) is 4.18. The van der Waals surface area contributed by atoms with Crippen molar-refractivity contribution in [1.29, 1.82) is 0 Å². The minimum absolute atomic E-state index is 0.359. The van der Waals surface area contributed by atoms with Crippen molar-refractivity contribution in [2.45, 2.75) is 38.8 Å². The smallest absolute Gasteiger partial charge is 0.323 e. The summed E-state index contributed by atoms with van der Waals surface area (Å²) in [4.78, 5) is 37.1. The van der Waals surface area contributed by atoms with E-state index in [1.807, 2.05) is 25.1 Å². The second kappa shape index (κ2) is 9.17. The van der Waals surface area contributed by atoms with Crippen LogP contribution in [-0.4, -0.2) is 49.0 Å². The van der Waals surface area contributed by atoms with Crippen molar-refractivity contribution in [2.75, 3.05) is 20.2 Å². The van der Waals surface area contributed by atoms with Gasteiger partial charge in [-0.2, -0.15) is 0 Å². The molecule has 0 radical (unpaired) electrons. The Morgan fingerprint density at radius 3 is 2.80 bits per heavy atom. The minimum atomic E-state index is -0.645. The SMILES string of the molecule is CNC(=O)NC(=O)COC(=O)[C@H]1CCCCN1Cc1cccc(C)c1. The molecule has 1 saturated heterocycles. The summed E-state index contributed by atoms with van der Waals surface area (Å²) in [5, 5.41) is 4.33. The second-order valence-corrected chi connectivity index (χ2v) is 6.21. The molecule has 1 aromatic carbocycles. The van der Waals surface area contributed by atoms with Gasteiger partial charge in [0.2, 0.25) is 0 Å². The number of aryl methyl sites for hydroxylation is 1. The van der Waals surface area contributed by atoms with Gasteiger partial charge in [0.15, 0.2) is 6.61 Å². The van der Waals surface area contributed by atoms with E-state index in [0.29, 0.717) is 13.0 Å². The third-order valence-electron chi connectivity index (χ3n) is 4.18. The average Bonchev–Trinajstić information content (AvgIpc) is 2.60. The highest BCUT2D eigenvalue weighted by Crippen LogP contribution is 2.21. The van der Waals surface area contributed by atoms with E-state index in [1.165, 1.54) is 12.6 Å². The summed E-state index contributed by atoms with van der Waals surface area (Å²) in [5.74, 6) is -1.06. The summed E-state index contributed by atoms with van der Waals surface area (Å²) >= 11 is 0. The zero-order valence-electron chi connectivity index (χ0n) is 14.7. The van der Waals surface area contributed by atoms with Crippen molar-refractivity contribution < 1.29 is 19.1 Å². The first-order valence-corrected chi connectivity index (χ1v) is 8.47. The number of likely N-dealkylation sites (tertiary alicyclic amines) is 1. The quantitative estimate of drug-likeness (QED) is 0.785. The van der Waals surface area contributed by atoms with Gasteiger partial charge in [0.05, 0.1) is 0 Å². The highest BCUT2D eigenvalue weighted by atomic mass is 16.5. The van der Waals surface area contributed by atoms with Crippen LogP contribution >= 0.6 is 0 Å². The fourth-order valence-corrected chi connectivity index (χ4v) is 2.95. The lowest BCUT2D eigenvalue weighted by atomic mass is 10.0. The Labute approximate surface area is 147 Å². The second-order valence-electron chi connectivity index (χ2n) is 6.21. The number of urea groups is 1. The molecule has 2 rings (SSSR count). The van der Waals surface area contributed by atoms with Crippen molar-refractivity contribution >= 4 is 17.9 Å². The number of nitrogens with one attached hydrogen (secondary N) is 2. The van der Waals surface area contributed by atoms with Gasteiger partial charge in [-0.15, -0.1) is 0 Å². The van der Waals surface area contributed by atoms with Gasteiger partial charge >= 0.3 is 12.0 Å². The Bertz CT molecular complexity index is 633. The fraction of sp³-hybridized carbons (Fsp3) is 0.500. The van der Waals surface area contributed by atoms with E-state index in [2.05, 4.69) is 21.6 Å². The van der Waals surface area contributed by atoms with Crippen LogP contribution in [0.5, 0.6) is 0 Å². The molecule has 0 aliphatic carbocycles. The Morgan fingerprint density at radius 2 is 2.08 bits per heavy atom. The van der Waals surface area contributed by atoms with Crippen molar-refractivity contribution in [3.05, 3.63) is 35.4 Å². The first kappa shape index (κ1) is 18.9. The Kier molecular flexibility index (Phi) is 6.94. The molecule has 1 aliphatic rings. The Morgan fingerprint density at radius 1 is 1.28 bits per heavy atom. The molecule has 0 bridgehead atoms. The predicted octanol–water partition coefficient (Wildman–Crippen LogP) is 1.35. The number of ether oxygens (including phenoxy) is 1. The minimum Gasteiger partial charge on any atom is -0.454 e. The van der Waals surface area contributed by atoms with E-state index in [1.54, 1.807) is 0 Å². The average molecular weight is 347 g/mol. The molecule has 25 heavy (non-hydrogen) atoms. The first-order chi connectivity index (χ1) is 12.0. The summed E-state index contributed by atoms with van der Waals surface area (Å²) in [7, 11) is 1.40. The van der Waals surface area contributed by atoms with E-state index in [0.717, 1.165) is 24.9 Å². The molecule has 7 nitrogen and oxygen atoms in total.